The number of carbonyl (C=O) groups is 2. The van der Waals surface area contributed by atoms with E-state index in [1.54, 1.807) is 46.7 Å². The number of hydrogen-bond donors (Lipinski definition) is 1. The van der Waals surface area contributed by atoms with Gasteiger partial charge in [0.25, 0.3) is 5.91 Å². The molecule has 0 aliphatic heterocycles. The van der Waals surface area contributed by atoms with Crippen LogP contribution in [0.1, 0.15) is 46.8 Å². The molecular formula is C27H42N6O4SSi. The second-order valence-electron chi connectivity index (χ2n) is 10.7. The van der Waals surface area contributed by atoms with Crippen molar-refractivity contribution in [3.8, 4) is 0 Å². The van der Waals surface area contributed by atoms with Gasteiger partial charge in [-0.25, -0.2) is 4.98 Å². The van der Waals surface area contributed by atoms with Crippen LogP contribution in [0, 0.1) is 6.92 Å². The number of aromatic nitrogens is 4. The number of aryl methyl sites for hydroxylation is 3. The van der Waals surface area contributed by atoms with Crippen molar-refractivity contribution in [2.75, 3.05) is 37.7 Å². The summed E-state index contributed by atoms with van der Waals surface area (Å²) in [5.74, 6) is 0.406. The average molecular weight is 575 g/mol. The fourth-order valence-electron chi connectivity index (χ4n) is 4.18. The van der Waals surface area contributed by atoms with Gasteiger partial charge in [0, 0.05) is 51.1 Å². The van der Waals surface area contributed by atoms with Gasteiger partial charge in [-0.15, -0.1) is 11.8 Å². The first-order chi connectivity index (χ1) is 18.5. The molecule has 10 nitrogen and oxygen atoms in total. The predicted octanol–water partition coefficient (Wildman–Crippen LogP) is 4.77. The van der Waals surface area contributed by atoms with Crippen LogP contribution in [0.15, 0.2) is 23.1 Å². The van der Waals surface area contributed by atoms with E-state index in [4.69, 9.17) is 20.2 Å². The molecular weight excluding hydrogens is 532 g/mol. The Labute approximate surface area is 236 Å². The summed E-state index contributed by atoms with van der Waals surface area (Å²) < 4.78 is 15.1. The monoisotopic (exact) mass is 574 g/mol. The molecule has 0 saturated carbocycles. The molecule has 2 N–H and O–H groups in total. The molecule has 0 aliphatic carbocycles. The lowest BCUT2D eigenvalue weighted by Crippen LogP contribution is -2.37. The molecule has 2 amide bonds. The molecule has 39 heavy (non-hydrogen) atoms. The van der Waals surface area contributed by atoms with Crippen LogP contribution in [-0.4, -0.2) is 72.0 Å². The zero-order chi connectivity index (χ0) is 28.7. The number of rotatable bonds is 15. The number of nitrogens with zero attached hydrogens (tertiary/aromatic N) is 5. The van der Waals surface area contributed by atoms with Crippen molar-refractivity contribution in [2.45, 2.75) is 70.9 Å². The molecule has 0 saturated heterocycles. The molecule has 214 valence electrons. The summed E-state index contributed by atoms with van der Waals surface area (Å²) in [6, 6.07) is 6.28. The lowest BCUT2D eigenvalue weighted by molar-refractivity contribution is 0.0884. The Morgan fingerprint density at radius 3 is 2.51 bits per heavy atom. The van der Waals surface area contributed by atoms with Gasteiger partial charge >= 0.3 is 0 Å². The van der Waals surface area contributed by atoms with E-state index in [1.807, 2.05) is 13.8 Å². The van der Waals surface area contributed by atoms with Crippen LogP contribution in [-0.2, 0) is 22.6 Å². The van der Waals surface area contributed by atoms with E-state index in [2.05, 4.69) is 36.2 Å². The van der Waals surface area contributed by atoms with Crippen LogP contribution in [0.2, 0.25) is 25.7 Å². The maximum absolute atomic E-state index is 14.1. The average Bonchev–Trinajstić information content (AvgIpc) is 3.43. The normalized spacial score (nSPS) is 11.9. The van der Waals surface area contributed by atoms with E-state index < -0.39 is 14.0 Å². The highest BCUT2D eigenvalue weighted by atomic mass is 32.2. The van der Waals surface area contributed by atoms with Crippen molar-refractivity contribution in [2.24, 2.45) is 5.73 Å². The van der Waals surface area contributed by atoms with Gasteiger partial charge in [0.2, 0.25) is 11.9 Å². The number of nitrogens with two attached hydrogens (primary N) is 1. The number of fused-ring (bicyclic) bond motifs is 1. The Balaban J connectivity index is 2.17. The smallest absolute Gasteiger partial charge is 0.280 e. The zero-order valence-electron chi connectivity index (χ0n) is 24.2. The quantitative estimate of drug-likeness (QED) is 0.120. The zero-order valence-corrected chi connectivity index (χ0v) is 26.1. The van der Waals surface area contributed by atoms with Gasteiger partial charge in [0.15, 0.2) is 0 Å². The van der Waals surface area contributed by atoms with Crippen LogP contribution in [0.4, 0.5) is 5.95 Å². The minimum absolute atomic E-state index is 0.0547. The summed E-state index contributed by atoms with van der Waals surface area (Å²) >= 11 is 1.57. The third-order valence-electron chi connectivity index (χ3n) is 6.19. The Morgan fingerprint density at radius 2 is 1.90 bits per heavy atom. The van der Waals surface area contributed by atoms with Gasteiger partial charge in [0.1, 0.15) is 12.4 Å². The number of hydrogen-bond acceptors (Lipinski definition) is 7. The number of ether oxygens (including phenoxy) is 2. The third-order valence-corrected chi connectivity index (χ3v) is 8.88. The first-order valence-corrected chi connectivity index (χ1v) is 18.1. The maximum atomic E-state index is 14.1. The Hall–Kier alpha value is -2.67. The number of primary amides is 1. The molecule has 0 spiro atoms. The summed E-state index contributed by atoms with van der Waals surface area (Å²) in [5.41, 5.74) is 8.75. The van der Waals surface area contributed by atoms with Crippen LogP contribution < -0.4 is 10.6 Å². The van der Waals surface area contributed by atoms with E-state index >= 15 is 0 Å². The van der Waals surface area contributed by atoms with Gasteiger partial charge in [-0.2, -0.15) is 5.10 Å². The highest BCUT2D eigenvalue weighted by Crippen LogP contribution is 2.34. The van der Waals surface area contributed by atoms with Crippen molar-refractivity contribution in [3.63, 3.8) is 0 Å². The van der Waals surface area contributed by atoms with Gasteiger partial charge in [-0.05, 0) is 44.5 Å². The largest absolute Gasteiger partial charge is 0.384 e. The summed E-state index contributed by atoms with van der Waals surface area (Å²) in [4.78, 5) is 33.6. The highest BCUT2D eigenvalue weighted by Gasteiger charge is 2.28. The minimum Gasteiger partial charge on any atom is -0.384 e. The molecule has 0 unspecified atom stereocenters. The van der Waals surface area contributed by atoms with E-state index in [0.29, 0.717) is 54.8 Å². The number of methoxy groups -OCH3 is 1. The van der Waals surface area contributed by atoms with Crippen LogP contribution >= 0.6 is 11.8 Å². The molecule has 0 radical (unpaired) electrons. The molecule has 2 heterocycles. The molecule has 12 heteroatoms. The molecule has 2 aromatic heterocycles. The maximum Gasteiger partial charge on any atom is 0.280 e. The van der Waals surface area contributed by atoms with Crippen LogP contribution in [0.25, 0.3) is 11.0 Å². The van der Waals surface area contributed by atoms with Gasteiger partial charge < -0.3 is 19.8 Å². The van der Waals surface area contributed by atoms with E-state index in [1.165, 1.54) is 0 Å². The predicted molar refractivity (Wildman–Crippen MR) is 160 cm³/mol. The summed E-state index contributed by atoms with van der Waals surface area (Å²) in [6.45, 7) is 15.2. The number of carbonyl (C=O) groups excluding carboxylic acids is 2. The fraction of sp³-hybridized carbons (Fsp3) is 0.556. The van der Waals surface area contributed by atoms with Gasteiger partial charge in [-0.1, -0.05) is 26.6 Å². The number of amides is 2. The number of thioether (sulfide) groups is 1. The summed E-state index contributed by atoms with van der Waals surface area (Å²) in [5, 5.41) is 4.48. The Bertz CT molecular complexity index is 1300. The first kappa shape index (κ1) is 30.9. The van der Waals surface area contributed by atoms with Gasteiger partial charge in [-0.3, -0.25) is 19.2 Å². The van der Waals surface area contributed by atoms with Crippen molar-refractivity contribution in [1.82, 2.24) is 19.3 Å². The highest BCUT2D eigenvalue weighted by molar-refractivity contribution is 7.99. The van der Waals surface area contributed by atoms with Gasteiger partial charge in [0.05, 0.1) is 23.3 Å². The summed E-state index contributed by atoms with van der Waals surface area (Å²) in [6.07, 6.45) is 0.822. The van der Waals surface area contributed by atoms with E-state index in [9.17, 15) is 9.59 Å². The van der Waals surface area contributed by atoms with Crippen LogP contribution in [0.3, 0.4) is 0 Å². The lowest BCUT2D eigenvalue weighted by Gasteiger charge is -2.24. The number of benzene rings is 1. The Kier molecular flexibility index (Phi) is 10.8. The SMILES string of the molecule is CCCn1c(N(COCC[Si](C)(C)C)C(=O)c2cc(C)nn2CC)nc2cc(C(N)=O)cc(SCCOC)c21. The van der Waals surface area contributed by atoms with Crippen molar-refractivity contribution < 1.29 is 19.1 Å². The molecule has 3 aromatic rings. The summed E-state index contributed by atoms with van der Waals surface area (Å²) in [7, 11) is 0.335. The lowest BCUT2D eigenvalue weighted by atomic mass is 10.2. The molecule has 0 bridgehead atoms. The van der Waals surface area contributed by atoms with E-state index in [-0.39, 0.29) is 12.6 Å². The van der Waals surface area contributed by atoms with Crippen molar-refractivity contribution >= 4 is 48.6 Å². The fourth-order valence-corrected chi connectivity index (χ4v) is 5.97. The molecule has 3 rings (SSSR count). The number of anilines is 1. The molecule has 1 aromatic carbocycles. The van der Waals surface area contributed by atoms with Crippen molar-refractivity contribution in [3.05, 3.63) is 35.2 Å². The van der Waals surface area contributed by atoms with Crippen LogP contribution in [0.5, 0.6) is 0 Å². The second-order valence-corrected chi connectivity index (χ2v) is 17.4. The number of imidazole rings is 1. The molecule has 0 fully saturated rings. The first-order valence-electron chi connectivity index (χ1n) is 13.4. The van der Waals surface area contributed by atoms with Crippen molar-refractivity contribution in [1.29, 1.82) is 0 Å². The third kappa shape index (κ3) is 7.71. The minimum atomic E-state index is -1.32. The second kappa shape index (κ2) is 13.6. The van der Waals surface area contributed by atoms with E-state index in [0.717, 1.165) is 28.6 Å². The Morgan fingerprint density at radius 1 is 1.15 bits per heavy atom. The molecule has 0 atom stereocenters. The topological polar surface area (TPSA) is 118 Å². The molecule has 0 aliphatic rings. The standard InChI is InChI=1S/C27H42N6O4SSi/c1-8-10-31-24-21(16-20(25(28)34)17-23(24)38-13-11-36-4)29-27(31)32(18-37-12-14-39(5,6)7)26(35)22-15-19(3)30-33(22)9-2/h15-17H,8-14,18H2,1-7H3,(H2,28,34).